The van der Waals surface area contributed by atoms with Crippen LogP contribution in [0, 0.1) is 17.6 Å². The second kappa shape index (κ2) is 20.2. The molecule has 1 saturated carbocycles. The SMILES string of the molecule is CC(C)(CCc1ccc(-c2ccc(Cl)c3c(N(C(=O)Cc4ccccc4OP(=O)(O)O)S(C)(=O)=O)nn(CC(F)(F)F)c23)c([C@H](Cc2cc(F)cc(F)c2)NC(=O)Cn2nc(C(F)(F)F)c3c2C(F)(F)C2C[C@H]32)n1)S(C)(=O)=O. The van der Waals surface area contributed by atoms with Crippen LogP contribution in [0.2, 0.25) is 5.02 Å². The van der Waals surface area contributed by atoms with Crippen LogP contribution in [-0.2, 0) is 78.5 Å². The lowest BCUT2D eigenvalue weighted by Gasteiger charge is -2.25. The zero-order valence-electron chi connectivity index (χ0n) is 40.8. The fraction of sp³-hybridized carbons (Fsp3) is 0.383. The molecule has 78 heavy (non-hydrogen) atoms. The lowest BCUT2D eigenvalue weighted by Crippen LogP contribution is -2.38. The Balaban J connectivity index is 1.34. The average Bonchev–Trinajstić information content (AvgIpc) is 4.04. The molecule has 3 heterocycles. The average molecular weight is 1190 g/mol. The van der Waals surface area contributed by atoms with Crippen LogP contribution < -0.4 is 14.1 Å². The molecule has 1 unspecified atom stereocenters. The van der Waals surface area contributed by atoms with Crippen molar-refractivity contribution in [2.45, 2.75) is 94.0 Å². The summed E-state index contributed by atoms with van der Waals surface area (Å²) in [7, 11) is -14.0. The smallest absolute Gasteiger partial charge is 0.404 e. The molecule has 0 spiro atoms. The Morgan fingerprint density at radius 3 is 2.18 bits per heavy atom. The summed E-state index contributed by atoms with van der Waals surface area (Å²) in [6.45, 7) is -0.569. The molecule has 0 aliphatic heterocycles. The number of carbonyl (C=O) groups is 2. The van der Waals surface area contributed by atoms with Gasteiger partial charge in [-0.25, -0.2) is 30.2 Å². The number of carbonyl (C=O) groups excluding carboxylic acids is 2. The number of benzene rings is 3. The van der Waals surface area contributed by atoms with Crippen LogP contribution in [0.5, 0.6) is 5.75 Å². The Kier molecular flexibility index (Phi) is 15.0. The first kappa shape index (κ1) is 58.0. The van der Waals surface area contributed by atoms with Crippen molar-refractivity contribution in [3.8, 4) is 16.9 Å². The molecule has 2 amide bonds. The molecular formula is C47H43ClF10N7O10PS2. The number of halogens is 11. The summed E-state index contributed by atoms with van der Waals surface area (Å²) >= 11 is 6.70. The number of sulfonamides is 1. The number of hydrogen-bond donors (Lipinski definition) is 3. The molecule has 1 fully saturated rings. The third kappa shape index (κ3) is 12.0. The Morgan fingerprint density at radius 2 is 1.58 bits per heavy atom. The van der Waals surface area contributed by atoms with Crippen LogP contribution in [0.1, 0.15) is 78.1 Å². The van der Waals surface area contributed by atoms with Gasteiger partial charge in [-0.2, -0.15) is 49.6 Å². The second-order valence-corrected chi connectivity index (χ2v) is 25.5. The molecule has 0 radical (unpaired) electrons. The lowest BCUT2D eigenvalue weighted by atomic mass is 9.93. The van der Waals surface area contributed by atoms with Gasteiger partial charge in [-0.15, -0.1) is 0 Å². The molecule has 3 atom stereocenters. The lowest BCUT2D eigenvalue weighted by molar-refractivity contribution is -0.143. The van der Waals surface area contributed by atoms with Gasteiger partial charge in [0.25, 0.3) is 5.92 Å². The number of rotatable bonds is 18. The zero-order valence-corrected chi connectivity index (χ0v) is 44.1. The van der Waals surface area contributed by atoms with Gasteiger partial charge in [0.15, 0.2) is 21.3 Å². The van der Waals surface area contributed by atoms with Gasteiger partial charge in [0.1, 0.15) is 36.2 Å². The number of aromatic nitrogens is 5. The van der Waals surface area contributed by atoms with Gasteiger partial charge in [0, 0.05) is 46.2 Å². The van der Waals surface area contributed by atoms with Gasteiger partial charge >= 0.3 is 20.2 Å². The maximum Gasteiger partial charge on any atom is 0.524 e. The molecule has 3 N–H and O–H groups in total. The predicted octanol–water partition coefficient (Wildman–Crippen LogP) is 8.88. The van der Waals surface area contributed by atoms with Crippen LogP contribution in [-0.4, -0.2) is 86.4 Å². The first-order valence-corrected chi connectivity index (χ1v) is 28.6. The van der Waals surface area contributed by atoms with E-state index in [2.05, 4.69) is 20.0 Å². The second-order valence-electron chi connectivity index (χ2n) is 19.4. The van der Waals surface area contributed by atoms with Crippen LogP contribution in [0.15, 0.2) is 66.7 Å². The van der Waals surface area contributed by atoms with Gasteiger partial charge in [0.2, 0.25) is 21.8 Å². The van der Waals surface area contributed by atoms with E-state index < -0.39 is 168 Å². The van der Waals surface area contributed by atoms with E-state index >= 15 is 8.78 Å². The van der Waals surface area contributed by atoms with Crippen molar-refractivity contribution in [3.05, 3.63) is 123 Å². The van der Waals surface area contributed by atoms with E-state index in [-0.39, 0.29) is 60.9 Å². The molecule has 2 aliphatic rings. The number of hydrogen-bond acceptors (Lipinski definition) is 11. The van der Waals surface area contributed by atoms with E-state index in [1.165, 1.54) is 38.1 Å². The summed E-state index contributed by atoms with van der Waals surface area (Å²) in [5, 5.41) is 8.61. The minimum Gasteiger partial charge on any atom is -0.404 e. The number of pyridine rings is 1. The quantitative estimate of drug-likeness (QED) is 0.0540. The van der Waals surface area contributed by atoms with Crippen molar-refractivity contribution in [1.82, 2.24) is 29.9 Å². The summed E-state index contributed by atoms with van der Waals surface area (Å²) in [6.07, 6.45) is -11.4. The Hall–Kier alpha value is -6.13. The molecule has 420 valence electrons. The molecule has 3 aromatic heterocycles. The number of sulfone groups is 1. The minimum absolute atomic E-state index is 0.0112. The van der Waals surface area contributed by atoms with Crippen molar-refractivity contribution < 1.29 is 89.2 Å². The molecule has 17 nitrogen and oxygen atoms in total. The highest BCUT2D eigenvalue weighted by molar-refractivity contribution is 7.93. The number of amides is 2. The number of anilines is 1. The van der Waals surface area contributed by atoms with E-state index in [1.54, 1.807) is 0 Å². The van der Waals surface area contributed by atoms with E-state index in [1.807, 2.05) is 0 Å². The fourth-order valence-electron chi connectivity index (χ4n) is 9.38. The minimum atomic E-state index is -5.30. The number of alkyl halides is 8. The maximum absolute atomic E-state index is 15.7. The summed E-state index contributed by atoms with van der Waals surface area (Å²) in [4.78, 5) is 52.1. The van der Waals surface area contributed by atoms with Crippen LogP contribution in [0.4, 0.5) is 49.7 Å². The zero-order chi connectivity index (χ0) is 57.6. The molecule has 2 aliphatic carbocycles. The topological polar surface area (TPSA) is 233 Å². The van der Waals surface area contributed by atoms with Gasteiger partial charge in [0.05, 0.1) is 45.1 Å². The third-order valence-corrected chi connectivity index (χ3v) is 17.2. The largest absolute Gasteiger partial charge is 0.524 e. The maximum atomic E-state index is 15.7. The third-order valence-electron chi connectivity index (χ3n) is 13.2. The summed E-state index contributed by atoms with van der Waals surface area (Å²) in [5.74, 6) is -13.3. The summed E-state index contributed by atoms with van der Waals surface area (Å²) in [6, 6.07) is 9.63. The Morgan fingerprint density at radius 1 is 0.936 bits per heavy atom. The van der Waals surface area contributed by atoms with Crippen molar-refractivity contribution in [2.24, 2.45) is 5.92 Å². The van der Waals surface area contributed by atoms with E-state index in [4.69, 9.17) is 16.6 Å². The van der Waals surface area contributed by atoms with Crippen molar-refractivity contribution in [2.75, 3.05) is 16.8 Å². The van der Waals surface area contributed by atoms with E-state index in [9.17, 15) is 75.9 Å². The number of aryl methyl sites for hydroxylation is 1. The number of para-hydroxylation sites is 1. The normalized spacial score (nSPS) is 16.9. The predicted molar refractivity (Wildman–Crippen MR) is 259 cm³/mol. The monoisotopic (exact) mass is 1190 g/mol. The molecular weight excluding hydrogens is 1140 g/mol. The Bertz CT molecular complexity index is 3680. The van der Waals surface area contributed by atoms with Gasteiger partial charge in [-0.1, -0.05) is 41.9 Å². The van der Waals surface area contributed by atoms with Gasteiger partial charge in [-0.05, 0) is 81.3 Å². The number of nitrogens with one attached hydrogen (secondary N) is 1. The van der Waals surface area contributed by atoms with Crippen LogP contribution in [0.3, 0.4) is 0 Å². The molecule has 6 aromatic rings. The number of nitrogens with zero attached hydrogens (tertiary/aromatic N) is 6. The molecule has 0 saturated heterocycles. The van der Waals surface area contributed by atoms with Crippen LogP contribution >= 0.6 is 19.4 Å². The first-order chi connectivity index (χ1) is 35.8. The molecule has 3 aromatic carbocycles. The summed E-state index contributed by atoms with van der Waals surface area (Å²) < 4.78 is 216. The van der Waals surface area contributed by atoms with Crippen molar-refractivity contribution in [3.63, 3.8) is 0 Å². The number of phosphoric acid groups is 1. The van der Waals surface area contributed by atoms with Crippen molar-refractivity contribution >= 4 is 67.8 Å². The van der Waals surface area contributed by atoms with E-state index in [0.717, 1.165) is 42.7 Å². The molecule has 0 bridgehead atoms. The number of phosphoric ester groups is 1. The van der Waals surface area contributed by atoms with Gasteiger partial charge < -0.3 is 9.84 Å². The highest BCUT2D eigenvalue weighted by atomic mass is 35.5. The van der Waals surface area contributed by atoms with Crippen LogP contribution in [0.25, 0.3) is 22.0 Å². The number of fused-ring (bicyclic) bond motifs is 4. The first-order valence-electron chi connectivity index (χ1n) is 23.0. The Labute approximate surface area is 441 Å². The summed E-state index contributed by atoms with van der Waals surface area (Å²) in [5.41, 5.74) is -5.92. The standard InChI is InChI=1S/C47H43ClF10N7O10PS2/c1-44(2,77(3,71)72)14-13-27-9-10-28(39(59-27)33(17-23-15-25(49)19-26(50)16-23)60-35(66)21-63-42-37(41(61-63)47(56,57)58)30-20-31(30)46(42,54)55)29-11-12-32(48)38-40(29)64(22-45(51,52)53)62-43(38)65(78(4,73)74)36(67)18-24-7-5-6-8-34(24)75-76(68,69)70/h5-12,15-16,19,30-31,33H,13-14,17-18,20-22H2,1-4H3,(H,60,66)(H2,68,69,70)/t30-,31?,33-/m0/s1. The highest BCUT2D eigenvalue weighted by Gasteiger charge is 2.68. The molecule has 8 rings (SSSR count). The van der Waals surface area contributed by atoms with Crippen molar-refractivity contribution in [1.29, 1.82) is 0 Å². The fourth-order valence-corrected chi connectivity index (χ4v) is 11.4. The molecule has 31 heteroatoms. The van der Waals surface area contributed by atoms with Gasteiger partial charge in [-0.3, -0.25) is 33.7 Å². The highest BCUT2D eigenvalue weighted by Crippen LogP contribution is 2.68. The van der Waals surface area contributed by atoms with E-state index in [0.29, 0.717) is 12.3 Å².